The summed E-state index contributed by atoms with van der Waals surface area (Å²) in [4.78, 5) is 12.0. The summed E-state index contributed by atoms with van der Waals surface area (Å²) < 4.78 is 37.4. The quantitative estimate of drug-likeness (QED) is 0.874. The number of carbonyl (C=O) groups excluding carboxylic acids is 1. The normalized spacial score (nSPS) is 16.0. The molecule has 0 radical (unpaired) electrons. The van der Waals surface area contributed by atoms with Gasteiger partial charge >= 0.3 is 0 Å². The zero-order valence-electron chi connectivity index (χ0n) is 11.8. The van der Waals surface area contributed by atoms with Crippen LogP contribution in [0.3, 0.4) is 0 Å². The second-order valence-corrected chi connectivity index (χ2v) is 5.36. The monoisotopic (exact) mass is 339 g/mol. The van der Waals surface area contributed by atoms with E-state index in [9.17, 15) is 13.6 Å². The minimum absolute atomic E-state index is 0.136. The molecule has 0 saturated carbocycles. The maximum atomic E-state index is 13.2. The molecule has 1 N–H and O–H groups in total. The van der Waals surface area contributed by atoms with Crippen LogP contribution in [0.2, 0.25) is 5.02 Å². The first kappa shape index (κ1) is 15.6. The number of hydrogen-bond acceptors (Lipinski definition) is 3. The van der Waals surface area contributed by atoms with Gasteiger partial charge in [0.25, 0.3) is 5.91 Å². The number of nitrogens with one attached hydrogen (secondary N) is 1. The standard InChI is InChI=1S/C16H12ClF2NO3/c17-11-6-13(19)12(18)5-10(11)16(21)20-7-9-8-22-14-3-1-2-4-15(14)23-9/h1-6,9H,7-8H2,(H,20,21)/t9-/m0/s1. The van der Waals surface area contributed by atoms with Crippen molar-refractivity contribution in [1.29, 1.82) is 0 Å². The average Bonchev–Trinajstić information content (AvgIpc) is 2.55. The molecule has 23 heavy (non-hydrogen) atoms. The van der Waals surface area contributed by atoms with Gasteiger partial charge in [0.1, 0.15) is 12.7 Å². The first-order valence-corrected chi connectivity index (χ1v) is 7.23. The summed E-state index contributed by atoms with van der Waals surface area (Å²) in [5.41, 5.74) is -0.136. The zero-order valence-corrected chi connectivity index (χ0v) is 12.6. The maximum Gasteiger partial charge on any atom is 0.253 e. The van der Waals surface area contributed by atoms with Crippen LogP contribution in [-0.2, 0) is 0 Å². The topological polar surface area (TPSA) is 47.6 Å². The molecule has 0 unspecified atom stereocenters. The van der Waals surface area contributed by atoms with Gasteiger partial charge < -0.3 is 14.8 Å². The lowest BCUT2D eigenvalue weighted by Crippen LogP contribution is -2.40. The molecule has 0 bridgehead atoms. The van der Waals surface area contributed by atoms with Gasteiger partial charge in [-0.2, -0.15) is 0 Å². The van der Waals surface area contributed by atoms with Crippen molar-refractivity contribution in [2.24, 2.45) is 0 Å². The Labute approximate surface area is 136 Å². The minimum atomic E-state index is -1.13. The highest BCUT2D eigenvalue weighted by molar-refractivity contribution is 6.33. The van der Waals surface area contributed by atoms with Crippen molar-refractivity contribution in [3.05, 3.63) is 58.6 Å². The summed E-state index contributed by atoms with van der Waals surface area (Å²) in [5, 5.41) is 2.41. The third-order valence-electron chi connectivity index (χ3n) is 3.31. The van der Waals surface area contributed by atoms with E-state index in [0.29, 0.717) is 11.5 Å². The fourth-order valence-corrected chi connectivity index (χ4v) is 2.40. The Hall–Kier alpha value is -2.34. The van der Waals surface area contributed by atoms with Gasteiger partial charge in [-0.25, -0.2) is 8.78 Å². The Balaban J connectivity index is 1.63. The fourth-order valence-electron chi connectivity index (χ4n) is 2.16. The third-order valence-corrected chi connectivity index (χ3v) is 3.63. The Bertz CT molecular complexity index is 754. The molecule has 0 saturated heterocycles. The molecule has 2 aromatic carbocycles. The van der Waals surface area contributed by atoms with Crippen LogP contribution in [-0.4, -0.2) is 25.2 Å². The molecule has 2 aromatic rings. The van der Waals surface area contributed by atoms with Crippen LogP contribution in [0.1, 0.15) is 10.4 Å². The number of rotatable bonds is 3. The van der Waals surface area contributed by atoms with Gasteiger partial charge in [0.2, 0.25) is 0 Å². The molecule has 1 heterocycles. The SMILES string of the molecule is O=C(NC[C@H]1COc2ccccc2O1)c1cc(F)c(F)cc1Cl. The van der Waals surface area contributed by atoms with Crippen LogP contribution < -0.4 is 14.8 Å². The van der Waals surface area contributed by atoms with E-state index >= 15 is 0 Å². The molecule has 4 nitrogen and oxygen atoms in total. The average molecular weight is 340 g/mol. The second kappa shape index (κ2) is 6.42. The highest BCUT2D eigenvalue weighted by Crippen LogP contribution is 2.30. The summed E-state index contributed by atoms with van der Waals surface area (Å²) in [7, 11) is 0. The third kappa shape index (κ3) is 3.37. The number of para-hydroxylation sites is 2. The zero-order chi connectivity index (χ0) is 16.4. The van der Waals surface area contributed by atoms with Crippen LogP contribution in [0.15, 0.2) is 36.4 Å². The van der Waals surface area contributed by atoms with Crippen molar-refractivity contribution in [2.45, 2.75) is 6.10 Å². The molecule has 1 atom stereocenters. The van der Waals surface area contributed by atoms with E-state index in [2.05, 4.69) is 5.32 Å². The van der Waals surface area contributed by atoms with Gasteiger partial charge in [0.05, 0.1) is 17.1 Å². The predicted molar refractivity (Wildman–Crippen MR) is 80.1 cm³/mol. The van der Waals surface area contributed by atoms with Crippen LogP contribution >= 0.6 is 11.6 Å². The Morgan fingerprint density at radius 3 is 2.70 bits per heavy atom. The van der Waals surface area contributed by atoms with Gasteiger partial charge in [-0.3, -0.25) is 4.79 Å². The number of amides is 1. The van der Waals surface area contributed by atoms with Crippen molar-refractivity contribution in [2.75, 3.05) is 13.2 Å². The number of benzene rings is 2. The van der Waals surface area contributed by atoms with Crippen LogP contribution in [0.4, 0.5) is 8.78 Å². The van der Waals surface area contributed by atoms with Gasteiger partial charge in [-0.05, 0) is 24.3 Å². The predicted octanol–water partition coefficient (Wildman–Crippen LogP) is 3.19. The first-order chi connectivity index (χ1) is 11.0. The molecule has 0 fully saturated rings. The van der Waals surface area contributed by atoms with E-state index in [1.54, 1.807) is 12.1 Å². The van der Waals surface area contributed by atoms with Gasteiger partial charge in [-0.15, -0.1) is 0 Å². The molecule has 1 aliphatic rings. The Morgan fingerprint density at radius 1 is 1.22 bits per heavy atom. The smallest absolute Gasteiger partial charge is 0.253 e. The van der Waals surface area contributed by atoms with Crippen molar-refractivity contribution in [3.8, 4) is 11.5 Å². The number of ether oxygens (including phenoxy) is 2. The molecule has 0 spiro atoms. The van der Waals surface area contributed by atoms with Crippen LogP contribution in [0.25, 0.3) is 0 Å². The molecule has 1 aliphatic heterocycles. The molecule has 7 heteroatoms. The number of halogens is 3. The second-order valence-electron chi connectivity index (χ2n) is 4.95. The van der Waals surface area contributed by atoms with E-state index in [4.69, 9.17) is 21.1 Å². The van der Waals surface area contributed by atoms with E-state index in [0.717, 1.165) is 12.1 Å². The highest BCUT2D eigenvalue weighted by atomic mass is 35.5. The Kier molecular flexibility index (Phi) is 4.34. The van der Waals surface area contributed by atoms with Crippen LogP contribution in [0.5, 0.6) is 11.5 Å². The van der Waals surface area contributed by atoms with E-state index in [1.807, 2.05) is 12.1 Å². The number of carbonyl (C=O) groups is 1. The summed E-state index contributed by atoms with van der Waals surface area (Å²) in [6.07, 6.45) is -0.391. The van der Waals surface area contributed by atoms with Crippen molar-refractivity contribution < 1.29 is 23.0 Å². The molecular weight excluding hydrogens is 328 g/mol. The molecule has 3 rings (SSSR count). The lowest BCUT2D eigenvalue weighted by atomic mass is 10.2. The summed E-state index contributed by atoms with van der Waals surface area (Å²) >= 11 is 5.76. The Morgan fingerprint density at radius 2 is 1.91 bits per heavy atom. The van der Waals surface area contributed by atoms with Crippen molar-refractivity contribution in [3.63, 3.8) is 0 Å². The van der Waals surface area contributed by atoms with E-state index < -0.39 is 23.6 Å². The molecule has 0 aromatic heterocycles. The fraction of sp³-hybridized carbons (Fsp3) is 0.188. The highest BCUT2D eigenvalue weighted by Gasteiger charge is 2.22. The molecule has 120 valence electrons. The number of hydrogen-bond donors (Lipinski definition) is 1. The van der Waals surface area contributed by atoms with Crippen molar-refractivity contribution in [1.82, 2.24) is 5.32 Å². The lowest BCUT2D eigenvalue weighted by molar-refractivity contribution is 0.0789. The largest absolute Gasteiger partial charge is 0.486 e. The summed E-state index contributed by atoms with van der Waals surface area (Å²) in [6.45, 7) is 0.408. The lowest BCUT2D eigenvalue weighted by Gasteiger charge is -2.26. The summed E-state index contributed by atoms with van der Waals surface area (Å²) in [5.74, 6) is -1.63. The maximum absolute atomic E-state index is 13.2. The van der Waals surface area contributed by atoms with Crippen LogP contribution in [0, 0.1) is 11.6 Å². The van der Waals surface area contributed by atoms with Gasteiger partial charge in [0.15, 0.2) is 23.1 Å². The van der Waals surface area contributed by atoms with Gasteiger partial charge in [0, 0.05) is 0 Å². The minimum Gasteiger partial charge on any atom is -0.486 e. The molecule has 1 amide bonds. The number of fused-ring (bicyclic) bond motifs is 1. The molecular formula is C16H12ClF2NO3. The van der Waals surface area contributed by atoms with Gasteiger partial charge in [-0.1, -0.05) is 23.7 Å². The van der Waals surface area contributed by atoms with E-state index in [1.165, 1.54) is 0 Å². The first-order valence-electron chi connectivity index (χ1n) is 6.86. The summed E-state index contributed by atoms with van der Waals surface area (Å²) in [6, 6.07) is 8.71. The van der Waals surface area contributed by atoms with Crippen molar-refractivity contribution >= 4 is 17.5 Å². The van der Waals surface area contributed by atoms with E-state index in [-0.39, 0.29) is 23.7 Å². The molecule has 0 aliphatic carbocycles.